The molecule has 0 saturated heterocycles. The number of para-hydroxylation sites is 1. The Balaban J connectivity index is 1.56. The molecule has 0 heterocycles. The molecule has 190 valence electrons. The van der Waals surface area contributed by atoms with Gasteiger partial charge >= 0.3 is 0 Å². The summed E-state index contributed by atoms with van der Waals surface area (Å²) in [7, 11) is -3.79. The van der Waals surface area contributed by atoms with E-state index in [1.165, 1.54) is 0 Å². The number of amides is 2. The van der Waals surface area contributed by atoms with Crippen LogP contribution in [0.4, 0.5) is 20.2 Å². The molecule has 0 bridgehead atoms. The summed E-state index contributed by atoms with van der Waals surface area (Å²) >= 11 is 0. The fourth-order valence-corrected chi connectivity index (χ4v) is 4.53. The average Bonchev–Trinajstić information content (AvgIpc) is 2.84. The van der Waals surface area contributed by atoms with Crippen molar-refractivity contribution in [1.29, 1.82) is 0 Å². The summed E-state index contributed by atoms with van der Waals surface area (Å²) in [6.45, 7) is 0.315. The van der Waals surface area contributed by atoms with Gasteiger partial charge in [0, 0.05) is 25.6 Å². The predicted octanol–water partition coefficient (Wildman–Crippen LogP) is 4.12. The lowest BCUT2D eigenvalue weighted by atomic mass is 10.1. The van der Waals surface area contributed by atoms with Crippen molar-refractivity contribution in [2.75, 3.05) is 29.0 Å². The lowest BCUT2D eigenvalue weighted by Crippen LogP contribution is -2.31. The first kappa shape index (κ1) is 26.8. The fourth-order valence-electron chi connectivity index (χ4n) is 3.57. The van der Waals surface area contributed by atoms with Crippen molar-refractivity contribution in [3.8, 4) is 0 Å². The molecule has 0 aromatic heterocycles. The quantitative estimate of drug-likeness (QED) is 0.402. The Bertz CT molecular complexity index is 1320. The highest BCUT2D eigenvalue weighted by molar-refractivity contribution is 7.92. The van der Waals surface area contributed by atoms with E-state index in [4.69, 9.17) is 0 Å². The van der Waals surface area contributed by atoms with Gasteiger partial charge in [-0.05, 0) is 42.7 Å². The number of sulfonamides is 1. The molecule has 36 heavy (non-hydrogen) atoms. The van der Waals surface area contributed by atoms with Gasteiger partial charge in [-0.15, -0.1) is 0 Å². The molecule has 3 rings (SSSR count). The van der Waals surface area contributed by atoms with Gasteiger partial charge in [-0.2, -0.15) is 0 Å². The Morgan fingerprint density at radius 3 is 2.31 bits per heavy atom. The second-order valence-electron chi connectivity index (χ2n) is 8.12. The highest BCUT2D eigenvalue weighted by Gasteiger charge is 2.20. The number of nitrogens with zero attached hydrogens (tertiary/aromatic N) is 1. The number of halogens is 2. The number of rotatable bonds is 11. The standard InChI is InChI=1S/C26H27F2N3O4S/c1-36(34,35)31(20-13-14-22(27)23(28)18-20)17-7-12-25(32)30-24-11-6-5-10-21(24)26(33)29-16-15-19-8-3-2-4-9-19/h2-6,8-11,13-14,18H,7,12,15-17H2,1H3,(H,29,33)(H,30,32). The molecule has 2 amide bonds. The van der Waals surface area contributed by atoms with Gasteiger partial charge in [0.05, 0.1) is 23.2 Å². The second kappa shape index (κ2) is 12.3. The topological polar surface area (TPSA) is 95.6 Å². The molecule has 0 unspecified atom stereocenters. The molecule has 0 aliphatic rings. The summed E-state index contributed by atoms with van der Waals surface area (Å²) in [6, 6.07) is 19.1. The Morgan fingerprint density at radius 2 is 1.61 bits per heavy atom. The maximum atomic E-state index is 13.6. The first-order valence-electron chi connectivity index (χ1n) is 11.3. The van der Waals surface area contributed by atoms with Crippen LogP contribution < -0.4 is 14.9 Å². The minimum Gasteiger partial charge on any atom is -0.352 e. The van der Waals surface area contributed by atoms with Crippen molar-refractivity contribution in [3.05, 3.63) is 95.6 Å². The van der Waals surface area contributed by atoms with E-state index < -0.39 is 27.6 Å². The van der Waals surface area contributed by atoms with Gasteiger partial charge in [0.2, 0.25) is 15.9 Å². The summed E-state index contributed by atoms with van der Waals surface area (Å²) in [5, 5.41) is 5.53. The van der Waals surface area contributed by atoms with Gasteiger partial charge in [-0.25, -0.2) is 17.2 Å². The molecule has 0 radical (unpaired) electrons. The second-order valence-corrected chi connectivity index (χ2v) is 10.0. The monoisotopic (exact) mass is 515 g/mol. The predicted molar refractivity (Wildman–Crippen MR) is 135 cm³/mol. The van der Waals surface area contributed by atoms with E-state index >= 15 is 0 Å². The van der Waals surface area contributed by atoms with Gasteiger partial charge in [0.25, 0.3) is 5.91 Å². The summed E-state index contributed by atoms with van der Waals surface area (Å²) in [5.74, 6) is -3.01. The van der Waals surface area contributed by atoms with Crippen molar-refractivity contribution in [3.63, 3.8) is 0 Å². The molecule has 2 N–H and O–H groups in total. The highest BCUT2D eigenvalue weighted by Crippen LogP contribution is 2.21. The normalized spacial score (nSPS) is 11.1. The SMILES string of the molecule is CS(=O)(=O)N(CCCC(=O)Nc1ccccc1C(=O)NCCc1ccccc1)c1ccc(F)c(F)c1. The van der Waals surface area contributed by atoms with Gasteiger partial charge in [0.15, 0.2) is 11.6 Å². The van der Waals surface area contributed by atoms with E-state index in [0.717, 1.165) is 34.3 Å². The zero-order valence-corrected chi connectivity index (χ0v) is 20.5. The first-order valence-corrected chi connectivity index (χ1v) is 13.1. The minimum atomic E-state index is -3.79. The van der Waals surface area contributed by atoms with Crippen LogP contribution in [-0.2, 0) is 21.2 Å². The average molecular weight is 516 g/mol. The van der Waals surface area contributed by atoms with Gasteiger partial charge in [-0.3, -0.25) is 13.9 Å². The van der Waals surface area contributed by atoms with Gasteiger partial charge in [-0.1, -0.05) is 42.5 Å². The summed E-state index contributed by atoms with van der Waals surface area (Å²) < 4.78 is 52.1. The van der Waals surface area contributed by atoms with E-state index in [-0.39, 0.29) is 31.0 Å². The van der Waals surface area contributed by atoms with Crippen LogP contribution >= 0.6 is 0 Å². The molecular weight excluding hydrogens is 488 g/mol. The zero-order chi connectivity index (χ0) is 26.1. The van der Waals surface area contributed by atoms with Crippen molar-refractivity contribution >= 4 is 33.2 Å². The molecule has 0 spiro atoms. The molecule has 0 aliphatic heterocycles. The van der Waals surface area contributed by atoms with E-state index in [1.54, 1.807) is 24.3 Å². The number of carbonyl (C=O) groups excluding carboxylic acids is 2. The third-order valence-electron chi connectivity index (χ3n) is 5.34. The largest absolute Gasteiger partial charge is 0.352 e. The third kappa shape index (κ3) is 7.61. The first-order chi connectivity index (χ1) is 17.1. The number of carbonyl (C=O) groups is 2. The van der Waals surface area contributed by atoms with Crippen LogP contribution in [0.25, 0.3) is 0 Å². The molecule has 0 saturated carbocycles. The molecule has 0 fully saturated rings. The molecule has 3 aromatic rings. The number of benzene rings is 3. The summed E-state index contributed by atoms with van der Waals surface area (Å²) in [4.78, 5) is 25.2. The van der Waals surface area contributed by atoms with Crippen LogP contribution in [0, 0.1) is 11.6 Å². The summed E-state index contributed by atoms with van der Waals surface area (Å²) in [5.41, 5.74) is 1.69. The maximum Gasteiger partial charge on any atom is 0.253 e. The number of hydrogen-bond acceptors (Lipinski definition) is 4. The molecule has 3 aromatic carbocycles. The van der Waals surface area contributed by atoms with Crippen LogP contribution in [0.15, 0.2) is 72.8 Å². The fraction of sp³-hybridized carbons (Fsp3) is 0.231. The van der Waals surface area contributed by atoms with E-state index in [9.17, 15) is 26.8 Å². The van der Waals surface area contributed by atoms with Crippen molar-refractivity contribution in [2.24, 2.45) is 0 Å². The minimum absolute atomic E-state index is 0.0330. The third-order valence-corrected chi connectivity index (χ3v) is 6.54. The van der Waals surface area contributed by atoms with Gasteiger partial charge in [0.1, 0.15) is 0 Å². The Kier molecular flexibility index (Phi) is 9.13. The van der Waals surface area contributed by atoms with Crippen LogP contribution in [0.2, 0.25) is 0 Å². The number of nitrogens with one attached hydrogen (secondary N) is 2. The Morgan fingerprint density at radius 1 is 0.917 bits per heavy atom. The lowest BCUT2D eigenvalue weighted by molar-refractivity contribution is -0.116. The van der Waals surface area contributed by atoms with E-state index in [2.05, 4.69) is 10.6 Å². The maximum absolute atomic E-state index is 13.6. The molecule has 7 nitrogen and oxygen atoms in total. The van der Waals surface area contributed by atoms with Crippen LogP contribution in [-0.4, -0.2) is 39.6 Å². The van der Waals surface area contributed by atoms with Crippen molar-refractivity contribution in [2.45, 2.75) is 19.3 Å². The molecule has 10 heteroatoms. The molecule has 0 aliphatic carbocycles. The zero-order valence-electron chi connectivity index (χ0n) is 19.7. The Labute approximate surface area is 209 Å². The van der Waals surface area contributed by atoms with E-state index in [0.29, 0.717) is 24.2 Å². The van der Waals surface area contributed by atoms with Crippen molar-refractivity contribution < 1.29 is 26.8 Å². The number of anilines is 2. The lowest BCUT2D eigenvalue weighted by Gasteiger charge is -2.22. The smallest absolute Gasteiger partial charge is 0.253 e. The van der Waals surface area contributed by atoms with Crippen LogP contribution in [0.5, 0.6) is 0 Å². The molecular formula is C26H27F2N3O4S. The molecule has 0 atom stereocenters. The van der Waals surface area contributed by atoms with E-state index in [1.807, 2.05) is 30.3 Å². The van der Waals surface area contributed by atoms with Crippen LogP contribution in [0.1, 0.15) is 28.8 Å². The van der Waals surface area contributed by atoms with Gasteiger partial charge < -0.3 is 10.6 Å². The number of hydrogen-bond donors (Lipinski definition) is 2. The highest BCUT2D eigenvalue weighted by atomic mass is 32.2. The Hall–Kier alpha value is -3.79. The van der Waals surface area contributed by atoms with Crippen LogP contribution in [0.3, 0.4) is 0 Å². The van der Waals surface area contributed by atoms with Crippen molar-refractivity contribution in [1.82, 2.24) is 5.32 Å². The summed E-state index contributed by atoms with van der Waals surface area (Å²) in [6.07, 6.45) is 1.67.